The van der Waals surface area contributed by atoms with E-state index in [2.05, 4.69) is 29.8 Å². The summed E-state index contributed by atoms with van der Waals surface area (Å²) in [4.78, 5) is 0. The van der Waals surface area contributed by atoms with Crippen molar-refractivity contribution in [3.63, 3.8) is 0 Å². The van der Waals surface area contributed by atoms with Crippen LogP contribution in [0.5, 0.6) is 0 Å². The molecule has 0 aromatic carbocycles. The summed E-state index contributed by atoms with van der Waals surface area (Å²) in [5.41, 5.74) is -0.0462. The van der Waals surface area contributed by atoms with E-state index in [-0.39, 0.29) is 5.60 Å². The Balaban J connectivity index is 3.08. The van der Waals surface area contributed by atoms with E-state index in [0.717, 1.165) is 25.0 Å². The molecular weight excluding hydrogens is 292 g/mol. The van der Waals surface area contributed by atoms with Crippen molar-refractivity contribution in [3.8, 4) is 0 Å². The minimum absolute atomic E-state index is 0.0462. The van der Waals surface area contributed by atoms with Crippen LogP contribution in [-0.2, 0) is 9.47 Å². The highest BCUT2D eigenvalue weighted by molar-refractivity contribution is 9.09. The van der Waals surface area contributed by atoms with Crippen LogP contribution in [0.2, 0.25) is 0 Å². The van der Waals surface area contributed by atoms with Crippen molar-refractivity contribution in [3.05, 3.63) is 0 Å². The van der Waals surface area contributed by atoms with Gasteiger partial charge in [0.05, 0.1) is 5.60 Å². The molecule has 0 aliphatic heterocycles. The predicted octanol–water partition coefficient (Wildman–Crippen LogP) is 4.94. The van der Waals surface area contributed by atoms with Gasteiger partial charge in [-0.3, -0.25) is 0 Å². The third kappa shape index (κ3) is 12.8. The van der Waals surface area contributed by atoms with Crippen LogP contribution >= 0.6 is 15.9 Å². The Morgan fingerprint density at radius 1 is 0.833 bits per heavy atom. The molecule has 0 radical (unpaired) electrons. The fourth-order valence-electron chi connectivity index (χ4n) is 1.70. The molecule has 0 aliphatic carbocycles. The van der Waals surface area contributed by atoms with Gasteiger partial charge in [0, 0.05) is 25.7 Å². The molecule has 0 amide bonds. The summed E-state index contributed by atoms with van der Waals surface area (Å²) in [6.07, 6.45) is 10.3. The highest BCUT2D eigenvalue weighted by Gasteiger charge is 2.15. The fraction of sp³-hybridized carbons (Fsp3) is 1.00. The first-order valence-electron chi connectivity index (χ1n) is 7.31. The van der Waals surface area contributed by atoms with Crippen LogP contribution in [0.4, 0.5) is 0 Å². The Bertz CT molecular complexity index is 172. The van der Waals surface area contributed by atoms with Gasteiger partial charge < -0.3 is 9.47 Å². The average Bonchev–Trinajstić information content (AvgIpc) is 2.36. The molecule has 0 aliphatic rings. The SMILES string of the molecule is COC(C)(C)CCOCCCCCCCCCBr. The second-order valence-corrected chi connectivity index (χ2v) is 6.28. The lowest BCUT2D eigenvalue weighted by Gasteiger charge is -2.22. The monoisotopic (exact) mass is 322 g/mol. The van der Waals surface area contributed by atoms with Gasteiger partial charge in [0.25, 0.3) is 0 Å². The van der Waals surface area contributed by atoms with Gasteiger partial charge in [0.15, 0.2) is 0 Å². The quantitative estimate of drug-likeness (QED) is 0.353. The normalized spacial score (nSPS) is 12.0. The maximum absolute atomic E-state index is 5.63. The number of unbranched alkanes of at least 4 members (excludes halogenated alkanes) is 6. The first kappa shape index (κ1) is 18.4. The van der Waals surface area contributed by atoms with Gasteiger partial charge in [-0.2, -0.15) is 0 Å². The second kappa shape index (κ2) is 12.4. The smallest absolute Gasteiger partial charge is 0.0644 e. The zero-order valence-electron chi connectivity index (χ0n) is 12.5. The van der Waals surface area contributed by atoms with Gasteiger partial charge >= 0.3 is 0 Å². The van der Waals surface area contributed by atoms with E-state index in [1.165, 1.54) is 44.9 Å². The molecule has 3 heteroatoms. The third-order valence-corrected chi connectivity index (χ3v) is 3.88. The molecule has 0 aromatic heterocycles. The second-order valence-electron chi connectivity index (χ2n) is 5.49. The van der Waals surface area contributed by atoms with E-state index >= 15 is 0 Å². The first-order chi connectivity index (χ1) is 8.62. The summed E-state index contributed by atoms with van der Waals surface area (Å²) in [6.45, 7) is 5.92. The van der Waals surface area contributed by atoms with E-state index in [1.807, 2.05) is 0 Å². The largest absolute Gasteiger partial charge is 0.381 e. The molecule has 0 saturated carbocycles. The van der Waals surface area contributed by atoms with Crippen molar-refractivity contribution >= 4 is 15.9 Å². The highest BCUT2D eigenvalue weighted by Crippen LogP contribution is 2.13. The summed E-state index contributed by atoms with van der Waals surface area (Å²) in [7, 11) is 1.76. The maximum atomic E-state index is 5.63. The fourth-order valence-corrected chi connectivity index (χ4v) is 2.10. The molecule has 0 fully saturated rings. The van der Waals surface area contributed by atoms with Gasteiger partial charge in [0.1, 0.15) is 0 Å². The van der Waals surface area contributed by atoms with Crippen molar-refractivity contribution in [2.75, 3.05) is 25.7 Å². The minimum atomic E-state index is -0.0462. The number of hydrogen-bond acceptors (Lipinski definition) is 2. The number of ether oxygens (including phenoxy) is 2. The van der Waals surface area contributed by atoms with Crippen LogP contribution in [0.3, 0.4) is 0 Å². The zero-order valence-corrected chi connectivity index (χ0v) is 14.1. The van der Waals surface area contributed by atoms with E-state index in [9.17, 15) is 0 Å². The molecule has 0 spiro atoms. The highest BCUT2D eigenvalue weighted by atomic mass is 79.9. The molecule has 0 bridgehead atoms. The molecular formula is C15H31BrO2. The lowest BCUT2D eigenvalue weighted by molar-refractivity contribution is -0.0101. The molecule has 0 rings (SSSR count). The molecule has 0 unspecified atom stereocenters. The zero-order chi connectivity index (χ0) is 13.7. The molecule has 0 aromatic rings. The molecule has 0 heterocycles. The number of hydrogen-bond donors (Lipinski definition) is 0. The van der Waals surface area contributed by atoms with E-state index < -0.39 is 0 Å². The third-order valence-electron chi connectivity index (χ3n) is 3.32. The topological polar surface area (TPSA) is 18.5 Å². The summed E-state index contributed by atoms with van der Waals surface area (Å²) in [6, 6.07) is 0. The number of alkyl halides is 1. The Hall–Kier alpha value is 0.400. The summed E-state index contributed by atoms with van der Waals surface area (Å²) in [5, 5.41) is 1.15. The van der Waals surface area contributed by atoms with Crippen LogP contribution in [0, 0.1) is 0 Å². The van der Waals surface area contributed by atoms with Crippen molar-refractivity contribution in [2.24, 2.45) is 0 Å². The maximum Gasteiger partial charge on any atom is 0.0644 e. The molecule has 0 atom stereocenters. The van der Waals surface area contributed by atoms with E-state index in [0.29, 0.717) is 0 Å². The van der Waals surface area contributed by atoms with Crippen LogP contribution in [0.1, 0.15) is 65.2 Å². The Morgan fingerprint density at radius 3 is 1.94 bits per heavy atom. The van der Waals surface area contributed by atoms with Crippen molar-refractivity contribution < 1.29 is 9.47 Å². The molecule has 18 heavy (non-hydrogen) atoms. The van der Waals surface area contributed by atoms with E-state index in [1.54, 1.807) is 7.11 Å². The van der Waals surface area contributed by atoms with Crippen LogP contribution in [-0.4, -0.2) is 31.3 Å². The summed E-state index contributed by atoms with van der Waals surface area (Å²) in [5.74, 6) is 0. The van der Waals surface area contributed by atoms with Gasteiger partial charge in [0.2, 0.25) is 0 Å². The van der Waals surface area contributed by atoms with Gasteiger partial charge in [-0.05, 0) is 33.1 Å². The average molecular weight is 323 g/mol. The van der Waals surface area contributed by atoms with Gasteiger partial charge in [-0.1, -0.05) is 48.0 Å². The molecule has 110 valence electrons. The molecule has 0 saturated heterocycles. The standard InChI is InChI=1S/C15H31BrO2/c1-15(2,17-3)11-14-18-13-10-8-6-4-5-7-9-12-16/h4-14H2,1-3H3. The lowest BCUT2D eigenvalue weighted by atomic mass is 10.1. The minimum Gasteiger partial charge on any atom is -0.381 e. The van der Waals surface area contributed by atoms with Crippen LogP contribution in [0.15, 0.2) is 0 Å². The summed E-state index contributed by atoms with van der Waals surface area (Å²) < 4.78 is 11.0. The number of halogens is 1. The number of rotatable bonds is 13. The van der Waals surface area contributed by atoms with Crippen LogP contribution in [0.25, 0.3) is 0 Å². The van der Waals surface area contributed by atoms with Crippen molar-refractivity contribution in [1.29, 1.82) is 0 Å². The van der Waals surface area contributed by atoms with Gasteiger partial charge in [-0.25, -0.2) is 0 Å². The summed E-state index contributed by atoms with van der Waals surface area (Å²) >= 11 is 3.46. The Kier molecular flexibility index (Phi) is 12.7. The van der Waals surface area contributed by atoms with Crippen molar-refractivity contribution in [1.82, 2.24) is 0 Å². The van der Waals surface area contributed by atoms with Crippen LogP contribution < -0.4 is 0 Å². The number of methoxy groups -OCH3 is 1. The predicted molar refractivity (Wildman–Crippen MR) is 82.6 cm³/mol. The molecule has 2 nitrogen and oxygen atoms in total. The molecule has 0 N–H and O–H groups in total. The van der Waals surface area contributed by atoms with E-state index in [4.69, 9.17) is 9.47 Å². The Morgan fingerprint density at radius 2 is 1.39 bits per heavy atom. The Labute approximate surface area is 122 Å². The lowest BCUT2D eigenvalue weighted by Crippen LogP contribution is -2.24. The first-order valence-corrected chi connectivity index (χ1v) is 8.43. The van der Waals surface area contributed by atoms with Crippen molar-refractivity contribution in [2.45, 2.75) is 70.8 Å². The van der Waals surface area contributed by atoms with Gasteiger partial charge in [-0.15, -0.1) is 0 Å².